The van der Waals surface area contributed by atoms with Crippen molar-refractivity contribution in [3.8, 4) is 0 Å². The van der Waals surface area contributed by atoms with Gasteiger partial charge in [-0.1, -0.05) is 12.8 Å². The van der Waals surface area contributed by atoms with Gasteiger partial charge in [0.15, 0.2) is 0 Å². The molecule has 0 N–H and O–H groups in total. The van der Waals surface area contributed by atoms with Crippen molar-refractivity contribution >= 4 is 17.7 Å². The van der Waals surface area contributed by atoms with E-state index in [0.717, 1.165) is 45.2 Å². The summed E-state index contributed by atoms with van der Waals surface area (Å²) in [5, 5.41) is 0. The molecule has 0 radical (unpaired) electrons. The first-order chi connectivity index (χ1) is 12.1. The highest BCUT2D eigenvalue weighted by Gasteiger charge is 2.32. The van der Waals surface area contributed by atoms with Crippen molar-refractivity contribution in [2.24, 2.45) is 11.8 Å². The smallest absolute Gasteiger partial charge is 0.225 e. The predicted octanol–water partition coefficient (Wildman–Crippen LogP) is 1.50. The van der Waals surface area contributed by atoms with Gasteiger partial charge in [-0.15, -0.1) is 0 Å². The summed E-state index contributed by atoms with van der Waals surface area (Å²) in [5.41, 5.74) is 0. The third kappa shape index (κ3) is 4.33. The molecule has 2 aliphatic heterocycles. The normalized spacial score (nSPS) is 23.6. The molecule has 3 aliphatic rings. The van der Waals surface area contributed by atoms with Crippen molar-refractivity contribution in [2.75, 3.05) is 39.3 Å². The quantitative estimate of drug-likeness (QED) is 0.759. The van der Waals surface area contributed by atoms with Gasteiger partial charge in [-0.2, -0.15) is 0 Å². The van der Waals surface area contributed by atoms with Crippen LogP contribution in [0.2, 0.25) is 0 Å². The number of carbonyl (C=O) groups is 3. The fraction of sp³-hybridized carbons (Fsp3) is 0.842. The van der Waals surface area contributed by atoms with E-state index in [1.165, 1.54) is 12.8 Å². The number of amides is 3. The highest BCUT2D eigenvalue weighted by Crippen LogP contribution is 2.27. The molecule has 0 spiro atoms. The van der Waals surface area contributed by atoms with Gasteiger partial charge < -0.3 is 14.7 Å². The van der Waals surface area contributed by atoms with Crippen molar-refractivity contribution in [1.29, 1.82) is 0 Å². The Morgan fingerprint density at radius 1 is 0.600 bits per heavy atom. The molecule has 3 amide bonds. The lowest BCUT2D eigenvalue weighted by Crippen LogP contribution is -2.45. The molecule has 6 heteroatoms. The van der Waals surface area contributed by atoms with Crippen molar-refractivity contribution in [3.63, 3.8) is 0 Å². The Balaban J connectivity index is 1.50. The fourth-order valence-corrected chi connectivity index (χ4v) is 4.49. The van der Waals surface area contributed by atoms with Crippen molar-refractivity contribution < 1.29 is 14.4 Å². The molecule has 0 aromatic rings. The summed E-state index contributed by atoms with van der Waals surface area (Å²) in [7, 11) is 0. The molecule has 1 saturated carbocycles. The Morgan fingerprint density at radius 2 is 1.08 bits per heavy atom. The molecule has 0 unspecified atom stereocenters. The number of carbonyl (C=O) groups excluding carboxylic acids is 3. The molecule has 0 bridgehead atoms. The first kappa shape index (κ1) is 18.2. The van der Waals surface area contributed by atoms with Crippen LogP contribution in [0, 0.1) is 11.8 Å². The Labute approximate surface area is 150 Å². The molecular formula is C19H31N3O3. The standard InChI is InChI=1S/C19H31N3O3/c1-15(23)20-11-7-17(8-12-20)19(25)22-10-4-9-21(13-14-22)18(24)16-5-2-3-6-16/h16-17H,2-14H2,1H3. The van der Waals surface area contributed by atoms with Crippen LogP contribution < -0.4 is 0 Å². The van der Waals surface area contributed by atoms with Gasteiger partial charge in [-0.3, -0.25) is 14.4 Å². The zero-order chi connectivity index (χ0) is 17.8. The largest absolute Gasteiger partial charge is 0.343 e. The van der Waals surface area contributed by atoms with Crippen LogP contribution >= 0.6 is 0 Å². The summed E-state index contributed by atoms with van der Waals surface area (Å²) in [6, 6.07) is 0. The summed E-state index contributed by atoms with van der Waals surface area (Å²) < 4.78 is 0. The summed E-state index contributed by atoms with van der Waals surface area (Å²) in [4.78, 5) is 42.6. The summed E-state index contributed by atoms with van der Waals surface area (Å²) in [6.07, 6.45) is 6.82. The highest BCUT2D eigenvalue weighted by atomic mass is 16.2. The number of rotatable bonds is 2. The van der Waals surface area contributed by atoms with Gasteiger partial charge in [0, 0.05) is 58.0 Å². The van der Waals surface area contributed by atoms with E-state index in [0.29, 0.717) is 32.1 Å². The van der Waals surface area contributed by atoms with Gasteiger partial charge in [-0.05, 0) is 32.1 Å². The summed E-state index contributed by atoms with van der Waals surface area (Å²) in [6.45, 7) is 5.82. The SMILES string of the molecule is CC(=O)N1CCC(C(=O)N2CCCN(C(=O)C3CCCC3)CC2)CC1. The Bertz CT molecular complexity index is 508. The van der Waals surface area contributed by atoms with Gasteiger partial charge >= 0.3 is 0 Å². The van der Waals surface area contributed by atoms with Gasteiger partial charge in [0.05, 0.1) is 0 Å². The number of hydrogen-bond acceptors (Lipinski definition) is 3. The van der Waals surface area contributed by atoms with Crippen LogP contribution in [-0.4, -0.2) is 71.7 Å². The second-order valence-electron chi connectivity index (χ2n) is 7.77. The van der Waals surface area contributed by atoms with E-state index in [1.807, 2.05) is 14.7 Å². The van der Waals surface area contributed by atoms with Gasteiger partial charge in [-0.25, -0.2) is 0 Å². The number of piperidine rings is 1. The molecule has 6 nitrogen and oxygen atoms in total. The van der Waals surface area contributed by atoms with Gasteiger partial charge in [0.25, 0.3) is 0 Å². The predicted molar refractivity (Wildman–Crippen MR) is 94.7 cm³/mol. The topological polar surface area (TPSA) is 60.9 Å². The second-order valence-corrected chi connectivity index (χ2v) is 7.77. The molecule has 1 aliphatic carbocycles. The van der Waals surface area contributed by atoms with E-state index in [1.54, 1.807) is 6.92 Å². The zero-order valence-corrected chi connectivity index (χ0v) is 15.4. The van der Waals surface area contributed by atoms with E-state index in [4.69, 9.17) is 0 Å². The fourth-order valence-electron chi connectivity index (χ4n) is 4.49. The molecule has 2 saturated heterocycles. The lowest BCUT2D eigenvalue weighted by molar-refractivity contribution is -0.140. The van der Waals surface area contributed by atoms with E-state index in [2.05, 4.69) is 0 Å². The van der Waals surface area contributed by atoms with Crippen LogP contribution in [0.1, 0.15) is 51.9 Å². The lowest BCUT2D eigenvalue weighted by Gasteiger charge is -2.33. The number of likely N-dealkylation sites (tertiary alicyclic amines) is 1. The lowest BCUT2D eigenvalue weighted by atomic mass is 9.95. The monoisotopic (exact) mass is 349 g/mol. The minimum Gasteiger partial charge on any atom is -0.343 e. The maximum atomic E-state index is 12.8. The van der Waals surface area contributed by atoms with Gasteiger partial charge in [0.1, 0.15) is 0 Å². The van der Waals surface area contributed by atoms with Crippen molar-refractivity contribution in [1.82, 2.24) is 14.7 Å². The van der Waals surface area contributed by atoms with Crippen LogP contribution in [0.15, 0.2) is 0 Å². The maximum Gasteiger partial charge on any atom is 0.225 e. The van der Waals surface area contributed by atoms with Crippen molar-refractivity contribution in [2.45, 2.75) is 51.9 Å². The van der Waals surface area contributed by atoms with E-state index in [9.17, 15) is 14.4 Å². The highest BCUT2D eigenvalue weighted by molar-refractivity contribution is 5.81. The first-order valence-corrected chi connectivity index (χ1v) is 9.89. The molecule has 0 aromatic carbocycles. The molecular weight excluding hydrogens is 318 g/mol. The Morgan fingerprint density at radius 3 is 1.56 bits per heavy atom. The molecule has 3 fully saturated rings. The van der Waals surface area contributed by atoms with Crippen LogP contribution in [0.4, 0.5) is 0 Å². The van der Waals surface area contributed by atoms with Crippen LogP contribution in [0.5, 0.6) is 0 Å². The molecule has 25 heavy (non-hydrogen) atoms. The minimum atomic E-state index is 0.0349. The zero-order valence-electron chi connectivity index (χ0n) is 15.4. The Kier molecular flexibility index (Phi) is 5.97. The third-order valence-electron chi connectivity index (χ3n) is 6.11. The van der Waals surface area contributed by atoms with Crippen LogP contribution in [0.3, 0.4) is 0 Å². The van der Waals surface area contributed by atoms with Crippen molar-refractivity contribution in [3.05, 3.63) is 0 Å². The molecule has 140 valence electrons. The number of nitrogens with zero attached hydrogens (tertiary/aromatic N) is 3. The van der Waals surface area contributed by atoms with Crippen LogP contribution in [-0.2, 0) is 14.4 Å². The third-order valence-corrected chi connectivity index (χ3v) is 6.11. The minimum absolute atomic E-state index is 0.0349. The van der Waals surface area contributed by atoms with E-state index < -0.39 is 0 Å². The van der Waals surface area contributed by atoms with Crippen LogP contribution in [0.25, 0.3) is 0 Å². The average molecular weight is 349 g/mol. The molecule has 0 aromatic heterocycles. The maximum absolute atomic E-state index is 12.8. The van der Waals surface area contributed by atoms with E-state index in [-0.39, 0.29) is 23.7 Å². The molecule has 0 atom stereocenters. The summed E-state index contributed by atoms with van der Waals surface area (Å²) in [5.74, 6) is 0.882. The van der Waals surface area contributed by atoms with Gasteiger partial charge in [0.2, 0.25) is 17.7 Å². The average Bonchev–Trinajstić information content (AvgIpc) is 3.05. The molecule has 2 heterocycles. The molecule has 3 rings (SSSR count). The Hall–Kier alpha value is -1.59. The first-order valence-electron chi connectivity index (χ1n) is 9.89. The second kappa shape index (κ2) is 8.19. The van der Waals surface area contributed by atoms with E-state index >= 15 is 0 Å². The number of hydrogen-bond donors (Lipinski definition) is 0. The summed E-state index contributed by atoms with van der Waals surface area (Å²) >= 11 is 0.